The molecular formula is C13H16ClNO5. The molecule has 6 nitrogen and oxygen atoms in total. The van der Waals surface area contributed by atoms with Crippen LogP contribution >= 0.6 is 11.6 Å². The predicted octanol–water partition coefficient (Wildman–Crippen LogP) is 1.32. The summed E-state index contributed by atoms with van der Waals surface area (Å²) in [6.45, 7) is 0.897. The molecule has 0 bridgehead atoms. The number of ether oxygens (including phenoxy) is 2. The number of carboxylic acid groups (broad SMARTS) is 1. The highest BCUT2D eigenvalue weighted by Crippen LogP contribution is 2.17. The van der Waals surface area contributed by atoms with E-state index >= 15 is 0 Å². The lowest BCUT2D eigenvalue weighted by molar-refractivity contribution is -0.149. The molecule has 0 aromatic heterocycles. The van der Waals surface area contributed by atoms with E-state index in [2.05, 4.69) is 5.32 Å². The van der Waals surface area contributed by atoms with Crippen LogP contribution in [0.2, 0.25) is 5.02 Å². The molecule has 1 amide bonds. The van der Waals surface area contributed by atoms with Crippen molar-refractivity contribution in [2.45, 2.75) is 12.5 Å². The topological polar surface area (TPSA) is 84.9 Å². The molecular weight excluding hydrogens is 286 g/mol. The van der Waals surface area contributed by atoms with Gasteiger partial charge in [-0.1, -0.05) is 17.7 Å². The maximum Gasteiger partial charge on any atom is 0.331 e. The van der Waals surface area contributed by atoms with Crippen LogP contribution in [0.3, 0.4) is 0 Å². The van der Waals surface area contributed by atoms with E-state index in [4.69, 9.17) is 26.2 Å². The molecule has 1 aromatic carbocycles. The number of methoxy groups -OCH3 is 1. The molecule has 0 spiro atoms. The summed E-state index contributed by atoms with van der Waals surface area (Å²) in [6, 6.07) is 6.56. The van der Waals surface area contributed by atoms with Gasteiger partial charge in [0.2, 0.25) is 0 Å². The Hall–Kier alpha value is -1.79. The largest absolute Gasteiger partial charge is 0.484 e. The van der Waals surface area contributed by atoms with Crippen LogP contribution in [0.5, 0.6) is 5.75 Å². The van der Waals surface area contributed by atoms with Crippen LogP contribution in [0.1, 0.15) is 6.92 Å². The van der Waals surface area contributed by atoms with Crippen molar-refractivity contribution in [1.29, 1.82) is 0 Å². The van der Waals surface area contributed by atoms with Crippen LogP contribution < -0.4 is 10.1 Å². The fourth-order valence-corrected chi connectivity index (χ4v) is 1.67. The van der Waals surface area contributed by atoms with Crippen molar-refractivity contribution < 1.29 is 24.2 Å². The number of hydrogen-bond donors (Lipinski definition) is 2. The van der Waals surface area contributed by atoms with Gasteiger partial charge in [0, 0.05) is 12.1 Å². The molecule has 0 saturated heterocycles. The summed E-state index contributed by atoms with van der Waals surface area (Å²) in [6.07, 6.45) is 0. The number of carbonyl (C=O) groups excluding carboxylic acids is 1. The van der Waals surface area contributed by atoms with Crippen LogP contribution in [0.15, 0.2) is 24.3 Å². The number of aliphatic carboxylic acids is 1. The van der Waals surface area contributed by atoms with Gasteiger partial charge in [-0.2, -0.15) is 0 Å². The Bertz CT molecular complexity index is 493. The molecule has 0 heterocycles. The van der Waals surface area contributed by atoms with E-state index < -0.39 is 17.4 Å². The van der Waals surface area contributed by atoms with Gasteiger partial charge in [-0.05, 0) is 25.1 Å². The number of carbonyl (C=O) groups is 2. The van der Waals surface area contributed by atoms with Crippen LogP contribution in [-0.2, 0) is 14.3 Å². The van der Waals surface area contributed by atoms with E-state index in [1.54, 1.807) is 24.3 Å². The van der Waals surface area contributed by atoms with E-state index in [9.17, 15) is 9.59 Å². The highest BCUT2D eigenvalue weighted by molar-refractivity contribution is 6.30. The standard InChI is InChI=1S/C13H16ClNO5/c1-13(8-19-2,12(17)18)15-11(16)7-20-10-5-3-4-9(14)6-10/h3-6H,7-8H2,1-2H3,(H,15,16)(H,17,18). The first kappa shape index (κ1) is 16.3. The Kier molecular flexibility index (Phi) is 5.79. The molecule has 110 valence electrons. The van der Waals surface area contributed by atoms with Crippen molar-refractivity contribution in [2.75, 3.05) is 20.3 Å². The van der Waals surface area contributed by atoms with E-state index in [-0.39, 0.29) is 13.2 Å². The number of carboxylic acids is 1. The summed E-state index contributed by atoms with van der Waals surface area (Å²) in [7, 11) is 1.36. The number of benzene rings is 1. The average molecular weight is 302 g/mol. The fourth-order valence-electron chi connectivity index (χ4n) is 1.49. The summed E-state index contributed by atoms with van der Waals surface area (Å²) in [5.41, 5.74) is -1.50. The number of hydrogen-bond acceptors (Lipinski definition) is 4. The number of amides is 1. The SMILES string of the molecule is COCC(C)(NC(=O)COc1cccc(Cl)c1)C(=O)O. The maximum absolute atomic E-state index is 11.7. The minimum atomic E-state index is -1.50. The molecule has 7 heteroatoms. The van der Waals surface area contributed by atoms with Crippen molar-refractivity contribution in [2.24, 2.45) is 0 Å². The summed E-state index contributed by atoms with van der Waals surface area (Å²) < 4.78 is 10.0. The maximum atomic E-state index is 11.7. The van der Waals surface area contributed by atoms with Gasteiger partial charge in [0.15, 0.2) is 12.1 Å². The van der Waals surface area contributed by atoms with E-state index in [0.29, 0.717) is 10.8 Å². The Morgan fingerprint density at radius 3 is 2.70 bits per heavy atom. The lowest BCUT2D eigenvalue weighted by atomic mass is 10.0. The summed E-state index contributed by atoms with van der Waals surface area (Å²) in [5, 5.41) is 11.9. The highest BCUT2D eigenvalue weighted by atomic mass is 35.5. The summed E-state index contributed by atoms with van der Waals surface area (Å²) >= 11 is 5.77. The van der Waals surface area contributed by atoms with Gasteiger partial charge in [-0.15, -0.1) is 0 Å². The van der Waals surface area contributed by atoms with Crippen molar-refractivity contribution in [3.05, 3.63) is 29.3 Å². The van der Waals surface area contributed by atoms with Crippen molar-refractivity contribution in [3.63, 3.8) is 0 Å². The minimum Gasteiger partial charge on any atom is -0.484 e. The van der Waals surface area contributed by atoms with Gasteiger partial charge < -0.3 is 19.9 Å². The van der Waals surface area contributed by atoms with Gasteiger partial charge in [-0.25, -0.2) is 4.79 Å². The van der Waals surface area contributed by atoms with E-state index in [1.807, 2.05) is 0 Å². The van der Waals surface area contributed by atoms with Crippen LogP contribution in [-0.4, -0.2) is 42.8 Å². The zero-order chi connectivity index (χ0) is 15.2. The van der Waals surface area contributed by atoms with E-state index in [0.717, 1.165) is 0 Å². The van der Waals surface area contributed by atoms with Gasteiger partial charge in [0.1, 0.15) is 5.75 Å². The van der Waals surface area contributed by atoms with Gasteiger partial charge in [0.05, 0.1) is 6.61 Å². The van der Waals surface area contributed by atoms with Gasteiger partial charge in [0.25, 0.3) is 5.91 Å². The predicted molar refractivity (Wildman–Crippen MR) is 73.0 cm³/mol. The average Bonchev–Trinajstić information content (AvgIpc) is 2.36. The molecule has 0 radical (unpaired) electrons. The first-order chi connectivity index (χ1) is 9.37. The normalized spacial score (nSPS) is 13.3. The molecule has 1 atom stereocenters. The van der Waals surface area contributed by atoms with Crippen molar-refractivity contribution >= 4 is 23.5 Å². The Balaban J connectivity index is 2.56. The second kappa shape index (κ2) is 7.12. The molecule has 0 aliphatic rings. The first-order valence-electron chi connectivity index (χ1n) is 5.79. The minimum absolute atomic E-state index is 0.148. The molecule has 1 rings (SSSR count). The zero-order valence-electron chi connectivity index (χ0n) is 11.2. The summed E-state index contributed by atoms with van der Waals surface area (Å²) in [5.74, 6) is -1.32. The lowest BCUT2D eigenvalue weighted by Crippen LogP contribution is -2.56. The van der Waals surface area contributed by atoms with Crippen LogP contribution in [0.25, 0.3) is 0 Å². The lowest BCUT2D eigenvalue weighted by Gasteiger charge is -2.25. The molecule has 20 heavy (non-hydrogen) atoms. The third-order valence-electron chi connectivity index (χ3n) is 2.49. The molecule has 0 aliphatic carbocycles. The number of nitrogens with one attached hydrogen (secondary N) is 1. The molecule has 0 aliphatic heterocycles. The van der Waals surface area contributed by atoms with Crippen LogP contribution in [0.4, 0.5) is 0 Å². The molecule has 1 aromatic rings. The highest BCUT2D eigenvalue weighted by Gasteiger charge is 2.35. The molecule has 0 fully saturated rings. The van der Waals surface area contributed by atoms with Crippen molar-refractivity contribution in [1.82, 2.24) is 5.32 Å². The Labute approximate surface area is 121 Å². The van der Waals surface area contributed by atoms with Gasteiger partial charge >= 0.3 is 5.97 Å². The quantitative estimate of drug-likeness (QED) is 0.793. The Morgan fingerprint density at radius 1 is 1.45 bits per heavy atom. The van der Waals surface area contributed by atoms with Crippen molar-refractivity contribution in [3.8, 4) is 5.75 Å². The zero-order valence-corrected chi connectivity index (χ0v) is 11.9. The van der Waals surface area contributed by atoms with Gasteiger partial charge in [-0.3, -0.25) is 4.79 Å². The molecule has 0 saturated carbocycles. The fraction of sp³-hybridized carbons (Fsp3) is 0.385. The third-order valence-corrected chi connectivity index (χ3v) is 2.72. The summed E-state index contributed by atoms with van der Waals surface area (Å²) in [4.78, 5) is 22.8. The molecule has 2 N–H and O–H groups in total. The second-order valence-electron chi connectivity index (χ2n) is 4.36. The Morgan fingerprint density at radius 2 is 2.15 bits per heavy atom. The second-order valence-corrected chi connectivity index (χ2v) is 4.80. The third kappa shape index (κ3) is 4.71. The van der Waals surface area contributed by atoms with E-state index in [1.165, 1.54) is 14.0 Å². The number of halogens is 1. The first-order valence-corrected chi connectivity index (χ1v) is 6.17. The monoisotopic (exact) mass is 301 g/mol. The van der Waals surface area contributed by atoms with Crippen LogP contribution in [0, 0.1) is 0 Å². The molecule has 1 unspecified atom stereocenters. The smallest absolute Gasteiger partial charge is 0.331 e. The number of rotatable bonds is 7.